The van der Waals surface area contributed by atoms with E-state index in [9.17, 15) is 13.2 Å². The highest BCUT2D eigenvalue weighted by molar-refractivity contribution is 7.92. The number of carboxylic acids is 1. The summed E-state index contributed by atoms with van der Waals surface area (Å²) in [6, 6.07) is 6.29. The van der Waals surface area contributed by atoms with E-state index in [2.05, 4.69) is 4.72 Å². The first-order valence-corrected chi connectivity index (χ1v) is 7.67. The highest BCUT2D eigenvalue weighted by Crippen LogP contribution is 2.25. The number of hydrogen-bond donors (Lipinski definition) is 2. The highest BCUT2D eigenvalue weighted by Gasteiger charge is 2.29. The minimum atomic E-state index is -3.45. The van der Waals surface area contributed by atoms with Crippen LogP contribution in [0.3, 0.4) is 0 Å². The van der Waals surface area contributed by atoms with Gasteiger partial charge in [0.05, 0.1) is 17.8 Å². The molecule has 0 aromatic heterocycles. The summed E-state index contributed by atoms with van der Waals surface area (Å²) in [5.41, 5.74) is -0.0242. The molecule has 112 valence electrons. The quantitative estimate of drug-likeness (QED) is 0.795. The molecule has 0 heterocycles. The van der Waals surface area contributed by atoms with E-state index in [-0.39, 0.29) is 12.4 Å². The number of hydrogen-bond acceptors (Lipinski definition) is 4. The Hall–Kier alpha value is -1.60. The van der Waals surface area contributed by atoms with Crippen molar-refractivity contribution in [2.45, 2.75) is 19.3 Å². The second kappa shape index (κ2) is 6.23. The predicted molar refractivity (Wildman–Crippen MR) is 76.4 cm³/mol. The van der Waals surface area contributed by atoms with Crippen LogP contribution < -0.4 is 4.72 Å². The first kappa shape index (κ1) is 16.5. The van der Waals surface area contributed by atoms with Crippen molar-refractivity contribution >= 4 is 21.7 Å². The van der Waals surface area contributed by atoms with E-state index in [1.165, 1.54) is 7.11 Å². The van der Waals surface area contributed by atoms with Crippen LogP contribution in [0.2, 0.25) is 0 Å². The van der Waals surface area contributed by atoms with Crippen LogP contribution in [0, 0.1) is 0 Å². The summed E-state index contributed by atoms with van der Waals surface area (Å²) in [4.78, 5) is 11.1. The number of nitrogens with one attached hydrogen (secondary N) is 1. The Morgan fingerprint density at radius 3 is 2.30 bits per heavy atom. The molecule has 0 atom stereocenters. The molecule has 2 N–H and O–H groups in total. The van der Waals surface area contributed by atoms with Gasteiger partial charge in [0.2, 0.25) is 10.0 Å². The molecule has 0 aliphatic heterocycles. The van der Waals surface area contributed by atoms with Crippen LogP contribution in [0.1, 0.15) is 19.4 Å². The zero-order valence-corrected chi connectivity index (χ0v) is 12.5. The van der Waals surface area contributed by atoms with Gasteiger partial charge in [0.25, 0.3) is 0 Å². The van der Waals surface area contributed by atoms with Crippen molar-refractivity contribution in [3.8, 4) is 0 Å². The smallest absolute Gasteiger partial charge is 0.313 e. The van der Waals surface area contributed by atoms with E-state index < -0.39 is 21.4 Å². The molecule has 0 amide bonds. The SMILES string of the molecule is COCCS(=O)(=O)Nc1ccc(C(C)(C)C(=O)O)cc1. The van der Waals surface area contributed by atoms with E-state index in [0.29, 0.717) is 11.3 Å². The normalized spacial score (nSPS) is 12.2. The van der Waals surface area contributed by atoms with Gasteiger partial charge in [0, 0.05) is 12.8 Å². The molecule has 1 rings (SSSR count). The summed E-state index contributed by atoms with van der Waals surface area (Å²) in [6.45, 7) is 3.29. The number of sulfonamides is 1. The Kier molecular flexibility index (Phi) is 5.13. The van der Waals surface area contributed by atoms with Crippen LogP contribution in [0.5, 0.6) is 0 Å². The number of ether oxygens (including phenoxy) is 1. The van der Waals surface area contributed by atoms with Crippen molar-refractivity contribution in [3.63, 3.8) is 0 Å². The summed E-state index contributed by atoms with van der Waals surface area (Å²) in [5, 5.41) is 9.12. The summed E-state index contributed by atoms with van der Waals surface area (Å²) >= 11 is 0. The van der Waals surface area contributed by atoms with Crippen LogP contribution >= 0.6 is 0 Å². The van der Waals surface area contributed by atoms with Crippen molar-refractivity contribution in [1.29, 1.82) is 0 Å². The van der Waals surface area contributed by atoms with Gasteiger partial charge in [-0.05, 0) is 31.5 Å². The van der Waals surface area contributed by atoms with Gasteiger partial charge < -0.3 is 9.84 Å². The fourth-order valence-corrected chi connectivity index (χ4v) is 2.49. The van der Waals surface area contributed by atoms with Crippen molar-refractivity contribution in [2.24, 2.45) is 0 Å². The minimum Gasteiger partial charge on any atom is -0.481 e. The zero-order chi connectivity index (χ0) is 15.4. The van der Waals surface area contributed by atoms with E-state index in [1.807, 2.05) is 0 Å². The van der Waals surface area contributed by atoms with Crippen LogP contribution in [-0.2, 0) is 25.0 Å². The Morgan fingerprint density at radius 2 is 1.85 bits per heavy atom. The second-order valence-electron chi connectivity index (χ2n) is 4.92. The third kappa shape index (κ3) is 4.21. The van der Waals surface area contributed by atoms with Gasteiger partial charge in [-0.2, -0.15) is 0 Å². The molecule has 1 aromatic rings. The lowest BCUT2D eigenvalue weighted by atomic mass is 9.85. The third-order valence-corrected chi connectivity index (χ3v) is 4.22. The van der Waals surface area contributed by atoms with Crippen molar-refractivity contribution in [2.75, 3.05) is 24.2 Å². The lowest BCUT2D eigenvalue weighted by Crippen LogP contribution is -2.28. The maximum absolute atomic E-state index is 11.7. The molecule has 0 fully saturated rings. The van der Waals surface area contributed by atoms with E-state index in [4.69, 9.17) is 9.84 Å². The van der Waals surface area contributed by atoms with Gasteiger partial charge >= 0.3 is 5.97 Å². The van der Waals surface area contributed by atoms with Crippen LogP contribution in [-0.4, -0.2) is 39.0 Å². The molecule has 6 nitrogen and oxygen atoms in total. The average Bonchev–Trinajstić information content (AvgIpc) is 2.36. The Balaban J connectivity index is 2.85. The molecule has 0 spiro atoms. The number of aliphatic carboxylic acids is 1. The fraction of sp³-hybridized carbons (Fsp3) is 0.462. The van der Waals surface area contributed by atoms with Gasteiger partial charge in [-0.25, -0.2) is 8.42 Å². The lowest BCUT2D eigenvalue weighted by Gasteiger charge is -2.20. The van der Waals surface area contributed by atoms with Crippen molar-refractivity contribution in [1.82, 2.24) is 0 Å². The summed E-state index contributed by atoms with van der Waals surface area (Å²) in [5.74, 6) is -1.07. The second-order valence-corrected chi connectivity index (χ2v) is 6.76. The predicted octanol–water partition coefficient (Wildman–Crippen LogP) is 1.44. The molecule has 0 saturated carbocycles. The first-order chi connectivity index (χ1) is 9.19. The molecule has 20 heavy (non-hydrogen) atoms. The van der Waals surface area contributed by atoms with Crippen molar-refractivity contribution in [3.05, 3.63) is 29.8 Å². The first-order valence-electron chi connectivity index (χ1n) is 6.02. The van der Waals surface area contributed by atoms with Crippen LogP contribution in [0.25, 0.3) is 0 Å². The van der Waals surface area contributed by atoms with Gasteiger partial charge in [0.15, 0.2) is 0 Å². The topological polar surface area (TPSA) is 92.7 Å². The number of rotatable bonds is 7. The van der Waals surface area contributed by atoms with Crippen molar-refractivity contribution < 1.29 is 23.1 Å². The highest BCUT2D eigenvalue weighted by atomic mass is 32.2. The Morgan fingerprint density at radius 1 is 1.30 bits per heavy atom. The lowest BCUT2D eigenvalue weighted by molar-refractivity contribution is -0.142. The van der Waals surface area contributed by atoms with Gasteiger partial charge in [-0.1, -0.05) is 12.1 Å². The summed E-state index contributed by atoms with van der Waals surface area (Å²) in [7, 11) is -2.02. The van der Waals surface area contributed by atoms with Crippen LogP contribution in [0.4, 0.5) is 5.69 Å². The maximum atomic E-state index is 11.7. The van der Waals surface area contributed by atoms with Gasteiger partial charge in [-0.15, -0.1) is 0 Å². The number of methoxy groups -OCH3 is 1. The fourth-order valence-electron chi connectivity index (χ4n) is 1.50. The number of carbonyl (C=O) groups is 1. The largest absolute Gasteiger partial charge is 0.481 e. The maximum Gasteiger partial charge on any atom is 0.313 e. The number of carboxylic acid groups (broad SMARTS) is 1. The molecule has 0 radical (unpaired) electrons. The molecule has 0 aliphatic rings. The molecule has 0 aliphatic carbocycles. The average molecular weight is 301 g/mol. The number of benzene rings is 1. The molecule has 1 aromatic carbocycles. The van der Waals surface area contributed by atoms with E-state index in [0.717, 1.165) is 0 Å². The monoisotopic (exact) mass is 301 g/mol. The molecular formula is C13H19NO5S. The third-order valence-electron chi connectivity index (χ3n) is 2.97. The molecule has 0 bridgehead atoms. The number of anilines is 1. The van der Waals surface area contributed by atoms with E-state index >= 15 is 0 Å². The summed E-state index contributed by atoms with van der Waals surface area (Å²) in [6.07, 6.45) is 0. The zero-order valence-electron chi connectivity index (χ0n) is 11.7. The van der Waals surface area contributed by atoms with E-state index in [1.54, 1.807) is 38.1 Å². The van der Waals surface area contributed by atoms with Crippen LogP contribution in [0.15, 0.2) is 24.3 Å². The summed E-state index contributed by atoms with van der Waals surface area (Å²) < 4.78 is 30.5. The standard InChI is InChI=1S/C13H19NO5S/c1-13(2,12(15)16)10-4-6-11(7-5-10)14-20(17,18)9-8-19-3/h4-7,14H,8-9H2,1-3H3,(H,15,16). The molecule has 7 heteroatoms. The molecular weight excluding hydrogens is 282 g/mol. The van der Waals surface area contributed by atoms with Gasteiger partial charge in [-0.3, -0.25) is 9.52 Å². The Bertz CT molecular complexity index is 563. The molecule has 0 saturated heterocycles. The molecule has 0 unspecified atom stereocenters. The van der Waals surface area contributed by atoms with Gasteiger partial charge in [0.1, 0.15) is 0 Å². The minimum absolute atomic E-state index is 0.111. The Labute approximate surface area is 118 Å².